The summed E-state index contributed by atoms with van der Waals surface area (Å²) < 4.78 is 7.24. The Morgan fingerprint density at radius 2 is 2.16 bits per heavy atom. The van der Waals surface area contributed by atoms with Crippen LogP contribution in [0.15, 0.2) is 18.5 Å². The second-order valence-electron chi connectivity index (χ2n) is 4.59. The van der Waals surface area contributed by atoms with Gasteiger partial charge in [0.25, 0.3) is 0 Å². The molecule has 0 aromatic carbocycles. The van der Waals surface area contributed by atoms with Gasteiger partial charge in [-0.15, -0.1) is 0 Å². The molecule has 2 aromatic rings. The quantitative estimate of drug-likeness (QED) is 0.808. The summed E-state index contributed by atoms with van der Waals surface area (Å²) in [6, 6.07) is 1.73. The fourth-order valence-electron chi connectivity index (χ4n) is 1.75. The Kier molecular flexibility index (Phi) is 3.87. The van der Waals surface area contributed by atoms with Gasteiger partial charge in [-0.05, 0) is 13.3 Å². The van der Waals surface area contributed by atoms with Crippen LogP contribution in [0, 0.1) is 0 Å². The van der Waals surface area contributed by atoms with Gasteiger partial charge in [-0.3, -0.25) is 4.68 Å². The average molecular weight is 281 g/mol. The molecule has 0 aliphatic carbocycles. The van der Waals surface area contributed by atoms with Crippen molar-refractivity contribution in [3.63, 3.8) is 0 Å². The molecule has 0 radical (unpaired) electrons. The van der Waals surface area contributed by atoms with E-state index in [1.165, 1.54) is 0 Å². The van der Waals surface area contributed by atoms with Crippen molar-refractivity contribution in [2.75, 3.05) is 7.11 Å². The second kappa shape index (κ2) is 5.27. The van der Waals surface area contributed by atoms with Crippen LogP contribution in [0.5, 0.6) is 0 Å². The molecule has 102 valence electrons. The van der Waals surface area contributed by atoms with Gasteiger partial charge in [-0.25, -0.2) is 9.97 Å². The molecular formula is C13H17ClN4O. The van der Waals surface area contributed by atoms with Crippen LogP contribution in [0.1, 0.15) is 26.1 Å². The molecule has 0 aliphatic rings. The summed E-state index contributed by atoms with van der Waals surface area (Å²) in [5, 5.41) is 4.54. The highest BCUT2D eigenvalue weighted by atomic mass is 35.5. The molecule has 2 rings (SSSR count). The minimum Gasteiger partial charge on any atom is -0.371 e. The van der Waals surface area contributed by atoms with E-state index in [1.54, 1.807) is 24.1 Å². The lowest BCUT2D eigenvalue weighted by Gasteiger charge is -2.25. The maximum atomic E-state index is 6.09. The van der Waals surface area contributed by atoms with Gasteiger partial charge in [0.05, 0.1) is 11.9 Å². The Morgan fingerprint density at radius 3 is 2.68 bits per heavy atom. The van der Waals surface area contributed by atoms with Gasteiger partial charge < -0.3 is 4.74 Å². The SMILES string of the molecule is CCC(C)(OC)c1nc(Cl)cc(-c2cnn(C)c2)n1. The van der Waals surface area contributed by atoms with Gasteiger partial charge in [-0.1, -0.05) is 18.5 Å². The van der Waals surface area contributed by atoms with Crippen molar-refractivity contribution in [3.05, 3.63) is 29.4 Å². The van der Waals surface area contributed by atoms with Crippen LogP contribution < -0.4 is 0 Å². The minimum absolute atomic E-state index is 0.403. The number of hydrogen-bond acceptors (Lipinski definition) is 4. The first-order chi connectivity index (χ1) is 8.98. The summed E-state index contributed by atoms with van der Waals surface area (Å²) in [6.07, 6.45) is 4.40. The first-order valence-electron chi connectivity index (χ1n) is 6.07. The number of ether oxygens (including phenoxy) is 1. The van der Waals surface area contributed by atoms with Crippen LogP contribution in [0.3, 0.4) is 0 Å². The van der Waals surface area contributed by atoms with Crippen molar-refractivity contribution in [3.8, 4) is 11.3 Å². The highest BCUT2D eigenvalue weighted by Crippen LogP contribution is 2.28. The predicted octanol–water partition coefficient (Wildman–Crippen LogP) is 2.80. The predicted molar refractivity (Wildman–Crippen MR) is 73.9 cm³/mol. The van der Waals surface area contributed by atoms with E-state index in [0.717, 1.165) is 17.7 Å². The largest absolute Gasteiger partial charge is 0.371 e. The van der Waals surface area contributed by atoms with Gasteiger partial charge in [-0.2, -0.15) is 5.10 Å². The molecule has 5 nitrogen and oxygen atoms in total. The zero-order chi connectivity index (χ0) is 14.0. The third kappa shape index (κ3) is 2.77. The first-order valence-corrected chi connectivity index (χ1v) is 6.45. The van der Waals surface area contributed by atoms with Crippen molar-refractivity contribution in [1.29, 1.82) is 0 Å². The van der Waals surface area contributed by atoms with Crippen LogP contribution >= 0.6 is 11.6 Å². The zero-order valence-corrected chi connectivity index (χ0v) is 12.3. The summed E-state index contributed by atoms with van der Waals surface area (Å²) >= 11 is 6.09. The van der Waals surface area contributed by atoms with Crippen molar-refractivity contribution in [1.82, 2.24) is 19.7 Å². The highest BCUT2D eigenvalue weighted by Gasteiger charge is 2.28. The summed E-state index contributed by atoms with van der Waals surface area (Å²) in [6.45, 7) is 3.98. The number of aromatic nitrogens is 4. The van der Waals surface area contributed by atoms with E-state index < -0.39 is 5.60 Å². The van der Waals surface area contributed by atoms with Crippen molar-refractivity contribution in [2.45, 2.75) is 25.9 Å². The summed E-state index contributed by atoms with van der Waals surface area (Å²) in [5.41, 5.74) is 1.12. The van der Waals surface area contributed by atoms with Crippen LogP contribution in [-0.2, 0) is 17.4 Å². The number of nitrogens with zero attached hydrogens (tertiary/aromatic N) is 4. The van der Waals surface area contributed by atoms with E-state index in [0.29, 0.717) is 11.0 Å². The fraction of sp³-hybridized carbons (Fsp3) is 0.462. The average Bonchev–Trinajstić information content (AvgIpc) is 2.84. The third-order valence-electron chi connectivity index (χ3n) is 3.29. The smallest absolute Gasteiger partial charge is 0.162 e. The number of rotatable bonds is 4. The molecule has 0 spiro atoms. The minimum atomic E-state index is -0.540. The molecule has 0 saturated carbocycles. The normalized spacial score (nSPS) is 14.4. The molecule has 6 heteroatoms. The van der Waals surface area contributed by atoms with E-state index in [4.69, 9.17) is 16.3 Å². The third-order valence-corrected chi connectivity index (χ3v) is 3.49. The standard InChI is InChI=1S/C13H17ClN4O/c1-5-13(2,19-4)12-16-10(6-11(14)17-12)9-7-15-18(3)8-9/h6-8H,5H2,1-4H3. The molecule has 0 amide bonds. The molecular weight excluding hydrogens is 264 g/mol. The molecule has 1 atom stereocenters. The van der Waals surface area contributed by atoms with E-state index in [9.17, 15) is 0 Å². The molecule has 0 saturated heterocycles. The van der Waals surface area contributed by atoms with Crippen molar-refractivity contribution < 1.29 is 4.74 Å². The Balaban J connectivity index is 2.51. The maximum Gasteiger partial charge on any atom is 0.162 e. The summed E-state index contributed by atoms with van der Waals surface area (Å²) in [5.74, 6) is 0.587. The van der Waals surface area contributed by atoms with Crippen LogP contribution in [-0.4, -0.2) is 26.9 Å². The maximum absolute atomic E-state index is 6.09. The van der Waals surface area contributed by atoms with E-state index in [-0.39, 0.29) is 0 Å². The number of aryl methyl sites for hydroxylation is 1. The first kappa shape index (κ1) is 14.0. The van der Waals surface area contributed by atoms with E-state index in [2.05, 4.69) is 15.1 Å². The lowest BCUT2D eigenvalue weighted by molar-refractivity contribution is -0.00888. The Hall–Kier alpha value is -1.46. The molecule has 2 heterocycles. The monoisotopic (exact) mass is 280 g/mol. The number of halogens is 1. The summed E-state index contributed by atoms with van der Waals surface area (Å²) in [7, 11) is 3.51. The molecule has 0 bridgehead atoms. The zero-order valence-electron chi connectivity index (χ0n) is 11.5. The highest BCUT2D eigenvalue weighted by molar-refractivity contribution is 6.29. The fourth-order valence-corrected chi connectivity index (χ4v) is 1.93. The van der Waals surface area contributed by atoms with Gasteiger partial charge in [0, 0.05) is 32.0 Å². The van der Waals surface area contributed by atoms with E-state index >= 15 is 0 Å². The van der Waals surface area contributed by atoms with Gasteiger partial charge in [0.15, 0.2) is 5.82 Å². The number of hydrogen-bond donors (Lipinski definition) is 0. The number of methoxy groups -OCH3 is 1. The molecule has 0 fully saturated rings. The van der Waals surface area contributed by atoms with Gasteiger partial charge in [0.1, 0.15) is 10.8 Å². The second-order valence-corrected chi connectivity index (χ2v) is 4.98. The van der Waals surface area contributed by atoms with Crippen molar-refractivity contribution >= 4 is 11.6 Å². The molecule has 19 heavy (non-hydrogen) atoms. The van der Waals surface area contributed by atoms with E-state index in [1.807, 2.05) is 27.1 Å². The summed E-state index contributed by atoms with van der Waals surface area (Å²) in [4.78, 5) is 8.84. The Morgan fingerprint density at radius 1 is 1.42 bits per heavy atom. The van der Waals surface area contributed by atoms with Gasteiger partial charge in [0.2, 0.25) is 0 Å². The van der Waals surface area contributed by atoms with Crippen LogP contribution in [0.2, 0.25) is 5.15 Å². The topological polar surface area (TPSA) is 52.8 Å². The van der Waals surface area contributed by atoms with Crippen LogP contribution in [0.25, 0.3) is 11.3 Å². The Bertz CT molecular complexity index is 578. The molecule has 2 aromatic heterocycles. The molecule has 0 N–H and O–H groups in total. The lowest BCUT2D eigenvalue weighted by Crippen LogP contribution is -2.26. The van der Waals surface area contributed by atoms with Crippen molar-refractivity contribution in [2.24, 2.45) is 7.05 Å². The molecule has 1 unspecified atom stereocenters. The van der Waals surface area contributed by atoms with Gasteiger partial charge >= 0.3 is 0 Å². The lowest BCUT2D eigenvalue weighted by atomic mass is 10.0. The van der Waals surface area contributed by atoms with Crippen LogP contribution in [0.4, 0.5) is 0 Å². The molecule has 0 aliphatic heterocycles. The Labute approximate surface area is 117 Å².